The van der Waals surface area contributed by atoms with Crippen molar-refractivity contribution < 1.29 is 9.72 Å². The van der Waals surface area contributed by atoms with Crippen molar-refractivity contribution in [3.05, 3.63) is 63.2 Å². The largest absolute Gasteiger partial charge is 0.352 e. The lowest BCUT2D eigenvalue weighted by atomic mass is 10.2. The van der Waals surface area contributed by atoms with E-state index in [1.54, 1.807) is 18.5 Å². The second kappa shape index (κ2) is 6.76. The first kappa shape index (κ1) is 14.9. The molecule has 2 aromatic heterocycles. The molecule has 1 N–H and O–H groups in total. The fourth-order valence-corrected chi connectivity index (χ4v) is 1.85. The van der Waals surface area contributed by atoms with Gasteiger partial charge in [0.05, 0.1) is 10.5 Å². The summed E-state index contributed by atoms with van der Waals surface area (Å²) >= 11 is 5.79. The van der Waals surface area contributed by atoms with Crippen LogP contribution in [0, 0.1) is 10.1 Å². The van der Waals surface area contributed by atoms with Gasteiger partial charge in [0.1, 0.15) is 11.3 Å². The number of hydrogen-bond acceptors (Lipinski definition) is 5. The highest BCUT2D eigenvalue weighted by atomic mass is 35.5. The Morgan fingerprint density at radius 1 is 1.43 bits per heavy atom. The van der Waals surface area contributed by atoms with Gasteiger partial charge < -0.3 is 5.32 Å². The van der Waals surface area contributed by atoms with Crippen molar-refractivity contribution in [2.75, 3.05) is 6.54 Å². The number of carbonyl (C=O) groups is 1. The van der Waals surface area contributed by atoms with Crippen molar-refractivity contribution in [2.24, 2.45) is 0 Å². The Morgan fingerprint density at radius 2 is 2.24 bits per heavy atom. The molecular formula is C13H11ClN4O3. The molecular weight excluding hydrogens is 296 g/mol. The monoisotopic (exact) mass is 306 g/mol. The highest BCUT2D eigenvalue weighted by molar-refractivity contribution is 6.32. The lowest BCUT2D eigenvalue weighted by molar-refractivity contribution is -0.385. The lowest BCUT2D eigenvalue weighted by Gasteiger charge is -2.06. The van der Waals surface area contributed by atoms with E-state index in [0.29, 0.717) is 13.0 Å². The number of halogens is 1. The first-order valence-corrected chi connectivity index (χ1v) is 6.43. The highest BCUT2D eigenvalue weighted by Crippen LogP contribution is 2.18. The van der Waals surface area contributed by atoms with Crippen molar-refractivity contribution in [3.63, 3.8) is 0 Å². The van der Waals surface area contributed by atoms with Gasteiger partial charge in [-0.15, -0.1) is 0 Å². The molecule has 21 heavy (non-hydrogen) atoms. The van der Waals surface area contributed by atoms with Crippen LogP contribution < -0.4 is 5.32 Å². The van der Waals surface area contributed by atoms with E-state index in [9.17, 15) is 14.9 Å². The minimum absolute atomic E-state index is 0.0166. The predicted octanol–water partition coefficient (Wildman–Crippen LogP) is 2.01. The number of carbonyl (C=O) groups excluding carboxylic acids is 1. The molecule has 0 aliphatic carbocycles. The summed E-state index contributed by atoms with van der Waals surface area (Å²) in [6.45, 7) is 0.365. The van der Waals surface area contributed by atoms with E-state index in [1.165, 1.54) is 0 Å². The molecule has 2 heterocycles. The summed E-state index contributed by atoms with van der Waals surface area (Å²) in [5.74, 6) is -0.500. The van der Waals surface area contributed by atoms with Crippen LogP contribution in [0.1, 0.15) is 15.9 Å². The Hall–Kier alpha value is -2.54. The molecule has 8 heteroatoms. The van der Waals surface area contributed by atoms with Gasteiger partial charge in [-0.3, -0.25) is 19.9 Å². The minimum Gasteiger partial charge on any atom is -0.352 e. The molecule has 1 amide bonds. The zero-order valence-corrected chi connectivity index (χ0v) is 11.6. The molecule has 7 nitrogen and oxygen atoms in total. The molecule has 0 aromatic carbocycles. The summed E-state index contributed by atoms with van der Waals surface area (Å²) in [5.41, 5.74) is 0.676. The number of nitrogens with zero attached hydrogens (tertiary/aromatic N) is 3. The Kier molecular flexibility index (Phi) is 4.78. The van der Waals surface area contributed by atoms with Crippen LogP contribution in [0.25, 0.3) is 0 Å². The summed E-state index contributed by atoms with van der Waals surface area (Å²) < 4.78 is 0. The molecule has 0 unspecified atom stereocenters. The smallest absolute Gasteiger partial charge is 0.288 e. The Bertz CT molecular complexity index is 664. The first-order chi connectivity index (χ1) is 10.1. The van der Waals surface area contributed by atoms with E-state index in [-0.39, 0.29) is 16.4 Å². The average molecular weight is 307 g/mol. The summed E-state index contributed by atoms with van der Waals surface area (Å²) in [7, 11) is 0. The van der Waals surface area contributed by atoms with E-state index in [2.05, 4.69) is 15.3 Å². The van der Waals surface area contributed by atoms with Crippen molar-refractivity contribution >= 4 is 23.2 Å². The average Bonchev–Trinajstić information content (AvgIpc) is 2.48. The zero-order chi connectivity index (χ0) is 15.2. The van der Waals surface area contributed by atoms with Gasteiger partial charge in [-0.2, -0.15) is 0 Å². The number of pyridine rings is 2. The van der Waals surface area contributed by atoms with Gasteiger partial charge in [-0.1, -0.05) is 17.7 Å². The molecule has 0 aliphatic heterocycles. The number of rotatable bonds is 5. The molecule has 0 radical (unpaired) electrons. The van der Waals surface area contributed by atoms with E-state index in [1.807, 2.05) is 6.07 Å². The van der Waals surface area contributed by atoms with Gasteiger partial charge >= 0.3 is 0 Å². The van der Waals surface area contributed by atoms with Crippen molar-refractivity contribution in [2.45, 2.75) is 6.42 Å². The SMILES string of the molecule is O=C(NCCc1cccnc1)c1cc([N+](=O)[O-])cnc1Cl. The Labute approximate surface area is 125 Å². The van der Waals surface area contributed by atoms with Gasteiger partial charge in [0.2, 0.25) is 0 Å². The second-order valence-electron chi connectivity index (χ2n) is 4.16. The summed E-state index contributed by atoms with van der Waals surface area (Å²) in [4.78, 5) is 29.6. The van der Waals surface area contributed by atoms with Crippen LogP contribution in [0.2, 0.25) is 5.15 Å². The van der Waals surface area contributed by atoms with Crippen molar-refractivity contribution in [1.82, 2.24) is 15.3 Å². The normalized spacial score (nSPS) is 10.1. The molecule has 0 saturated carbocycles. The first-order valence-electron chi connectivity index (χ1n) is 6.05. The Morgan fingerprint density at radius 3 is 2.90 bits per heavy atom. The van der Waals surface area contributed by atoms with Gasteiger partial charge in [-0.05, 0) is 18.1 Å². The minimum atomic E-state index is -0.629. The third-order valence-electron chi connectivity index (χ3n) is 2.70. The molecule has 0 fully saturated rings. The van der Waals surface area contributed by atoms with Crippen LogP contribution in [-0.2, 0) is 6.42 Å². The fraction of sp³-hybridized carbons (Fsp3) is 0.154. The van der Waals surface area contributed by atoms with Gasteiger partial charge in [-0.25, -0.2) is 4.98 Å². The third-order valence-corrected chi connectivity index (χ3v) is 3.00. The molecule has 0 spiro atoms. The van der Waals surface area contributed by atoms with E-state index >= 15 is 0 Å². The Balaban J connectivity index is 2.00. The summed E-state index contributed by atoms with van der Waals surface area (Å²) in [5, 5.41) is 13.2. The number of amides is 1. The number of hydrogen-bond donors (Lipinski definition) is 1. The highest BCUT2D eigenvalue weighted by Gasteiger charge is 2.16. The van der Waals surface area contributed by atoms with E-state index in [0.717, 1.165) is 17.8 Å². The van der Waals surface area contributed by atoms with Crippen LogP contribution in [0.15, 0.2) is 36.8 Å². The lowest BCUT2D eigenvalue weighted by Crippen LogP contribution is -2.26. The molecule has 0 bridgehead atoms. The van der Waals surface area contributed by atoms with Crippen LogP contribution in [-0.4, -0.2) is 27.3 Å². The van der Waals surface area contributed by atoms with E-state index < -0.39 is 10.8 Å². The summed E-state index contributed by atoms with van der Waals surface area (Å²) in [6.07, 6.45) is 4.97. The number of nitrogens with one attached hydrogen (secondary N) is 1. The molecule has 2 rings (SSSR count). The number of nitro groups is 1. The zero-order valence-electron chi connectivity index (χ0n) is 10.8. The van der Waals surface area contributed by atoms with Crippen LogP contribution in [0.4, 0.5) is 5.69 Å². The summed E-state index contributed by atoms with van der Waals surface area (Å²) in [6, 6.07) is 4.80. The topological polar surface area (TPSA) is 98.0 Å². The predicted molar refractivity (Wildman–Crippen MR) is 76.2 cm³/mol. The van der Waals surface area contributed by atoms with Gasteiger partial charge in [0, 0.05) is 25.0 Å². The van der Waals surface area contributed by atoms with Crippen LogP contribution >= 0.6 is 11.6 Å². The standard InChI is InChI=1S/C13H11ClN4O3/c14-12-11(6-10(8-17-12)18(20)21)13(19)16-5-3-9-2-1-4-15-7-9/h1-2,4,6-8H,3,5H2,(H,16,19). The van der Waals surface area contributed by atoms with Crippen LogP contribution in [0.3, 0.4) is 0 Å². The van der Waals surface area contributed by atoms with Gasteiger partial charge in [0.25, 0.3) is 11.6 Å². The maximum Gasteiger partial charge on any atom is 0.288 e. The maximum absolute atomic E-state index is 12.0. The number of aromatic nitrogens is 2. The second-order valence-corrected chi connectivity index (χ2v) is 4.51. The van der Waals surface area contributed by atoms with E-state index in [4.69, 9.17) is 11.6 Å². The maximum atomic E-state index is 12.0. The third kappa shape index (κ3) is 3.96. The van der Waals surface area contributed by atoms with Gasteiger partial charge in [0.15, 0.2) is 0 Å². The molecule has 108 valence electrons. The van der Waals surface area contributed by atoms with Crippen LogP contribution in [0.5, 0.6) is 0 Å². The van der Waals surface area contributed by atoms with Crippen molar-refractivity contribution in [3.8, 4) is 0 Å². The molecule has 0 aliphatic rings. The van der Waals surface area contributed by atoms with Crippen molar-refractivity contribution in [1.29, 1.82) is 0 Å². The quantitative estimate of drug-likeness (QED) is 0.517. The molecule has 2 aromatic rings. The fourth-order valence-electron chi connectivity index (χ4n) is 1.66. The molecule has 0 saturated heterocycles. The molecule has 0 atom stereocenters.